The molecule has 0 aliphatic carbocycles. The first-order chi connectivity index (χ1) is 10.8. The van der Waals surface area contributed by atoms with Crippen molar-refractivity contribution < 1.29 is 19.5 Å². The van der Waals surface area contributed by atoms with Crippen molar-refractivity contribution in [2.24, 2.45) is 0 Å². The van der Waals surface area contributed by atoms with Crippen LogP contribution in [0, 0.1) is 0 Å². The van der Waals surface area contributed by atoms with Crippen LogP contribution in [0.1, 0.15) is 50.7 Å². The molecule has 0 radical (unpaired) electrons. The molecule has 23 heavy (non-hydrogen) atoms. The quantitative estimate of drug-likeness (QED) is 0.789. The standard InChI is InChI=1S/C17H22N2O4/c1-11(2)12-6-8-13(9-7-12)17(3)15(22)19(16(23)18-17)10-4-5-14(20)21/h6-9,11H,4-5,10H2,1-3H3,(H,18,23)(H,20,21). The van der Waals surface area contributed by atoms with E-state index in [1.54, 1.807) is 6.92 Å². The van der Waals surface area contributed by atoms with Gasteiger partial charge in [-0.1, -0.05) is 38.1 Å². The molecule has 1 heterocycles. The Hall–Kier alpha value is -2.37. The number of aliphatic carboxylic acids is 1. The van der Waals surface area contributed by atoms with Gasteiger partial charge in [-0.15, -0.1) is 0 Å². The summed E-state index contributed by atoms with van der Waals surface area (Å²) in [7, 11) is 0. The molecule has 1 aromatic rings. The van der Waals surface area contributed by atoms with Gasteiger partial charge < -0.3 is 10.4 Å². The van der Waals surface area contributed by atoms with Gasteiger partial charge in [0, 0.05) is 13.0 Å². The van der Waals surface area contributed by atoms with Gasteiger partial charge in [-0.3, -0.25) is 14.5 Å². The Labute approximate surface area is 135 Å². The fraction of sp³-hybridized carbons (Fsp3) is 0.471. The SMILES string of the molecule is CC(C)c1ccc(C2(C)NC(=O)N(CCCC(=O)O)C2=O)cc1. The predicted octanol–water partition coefficient (Wildman–Crippen LogP) is 2.44. The second-order valence-corrected chi connectivity index (χ2v) is 6.29. The fourth-order valence-electron chi connectivity index (χ4n) is 2.69. The summed E-state index contributed by atoms with van der Waals surface area (Å²) >= 11 is 0. The number of rotatable bonds is 6. The van der Waals surface area contributed by atoms with E-state index in [0.717, 1.165) is 16.0 Å². The maximum Gasteiger partial charge on any atom is 0.325 e. The number of carboxylic acid groups (broad SMARTS) is 1. The molecule has 0 saturated carbocycles. The van der Waals surface area contributed by atoms with Crippen molar-refractivity contribution in [2.45, 2.75) is 45.1 Å². The highest BCUT2D eigenvalue weighted by molar-refractivity contribution is 6.07. The van der Waals surface area contributed by atoms with E-state index in [1.165, 1.54) is 0 Å². The summed E-state index contributed by atoms with van der Waals surface area (Å²) in [6, 6.07) is 7.15. The molecule has 1 fully saturated rings. The molecule has 124 valence electrons. The molecular weight excluding hydrogens is 296 g/mol. The Morgan fingerprint density at radius 1 is 1.26 bits per heavy atom. The number of urea groups is 1. The van der Waals surface area contributed by atoms with Crippen molar-refractivity contribution in [3.8, 4) is 0 Å². The van der Waals surface area contributed by atoms with Crippen molar-refractivity contribution in [1.82, 2.24) is 10.2 Å². The molecule has 1 aromatic carbocycles. The fourth-order valence-corrected chi connectivity index (χ4v) is 2.69. The molecule has 3 amide bonds. The van der Waals surface area contributed by atoms with Crippen LogP contribution < -0.4 is 5.32 Å². The van der Waals surface area contributed by atoms with Crippen molar-refractivity contribution in [3.63, 3.8) is 0 Å². The first kappa shape index (κ1) is 17.0. The van der Waals surface area contributed by atoms with Crippen LogP contribution in [0.4, 0.5) is 4.79 Å². The third-order valence-corrected chi connectivity index (χ3v) is 4.20. The second-order valence-electron chi connectivity index (χ2n) is 6.29. The predicted molar refractivity (Wildman–Crippen MR) is 85.0 cm³/mol. The molecule has 1 aliphatic heterocycles. The van der Waals surface area contributed by atoms with Crippen LogP contribution in [0.25, 0.3) is 0 Å². The number of hydrogen-bond acceptors (Lipinski definition) is 3. The van der Waals surface area contributed by atoms with Gasteiger partial charge in [0.2, 0.25) is 0 Å². The molecule has 0 aromatic heterocycles. The lowest BCUT2D eigenvalue weighted by atomic mass is 9.90. The summed E-state index contributed by atoms with van der Waals surface area (Å²) in [5.74, 6) is -0.896. The molecule has 0 bridgehead atoms. The van der Waals surface area contributed by atoms with Gasteiger partial charge in [0.15, 0.2) is 0 Å². The minimum Gasteiger partial charge on any atom is -0.481 e. The average molecular weight is 318 g/mol. The number of carbonyl (C=O) groups is 3. The second kappa shape index (κ2) is 6.40. The monoisotopic (exact) mass is 318 g/mol. The number of amides is 3. The minimum atomic E-state index is -1.10. The van der Waals surface area contributed by atoms with E-state index in [1.807, 2.05) is 24.3 Å². The van der Waals surface area contributed by atoms with Gasteiger partial charge in [-0.25, -0.2) is 4.79 Å². The van der Waals surface area contributed by atoms with Gasteiger partial charge in [-0.05, 0) is 30.4 Å². The summed E-state index contributed by atoms with van der Waals surface area (Å²) in [5, 5.41) is 11.4. The average Bonchev–Trinajstić information content (AvgIpc) is 2.71. The first-order valence-electron chi connectivity index (χ1n) is 7.72. The van der Waals surface area contributed by atoms with Crippen LogP contribution in [-0.2, 0) is 15.1 Å². The minimum absolute atomic E-state index is 0.0726. The number of benzene rings is 1. The van der Waals surface area contributed by atoms with Crippen molar-refractivity contribution >= 4 is 17.9 Å². The van der Waals surface area contributed by atoms with E-state index in [0.29, 0.717) is 5.92 Å². The molecule has 6 heteroatoms. The molecule has 2 N–H and O–H groups in total. The summed E-state index contributed by atoms with van der Waals surface area (Å²) in [5.41, 5.74) is 0.781. The highest BCUT2D eigenvalue weighted by atomic mass is 16.4. The zero-order chi connectivity index (χ0) is 17.2. The van der Waals surface area contributed by atoms with Crippen molar-refractivity contribution in [3.05, 3.63) is 35.4 Å². The van der Waals surface area contributed by atoms with E-state index in [2.05, 4.69) is 19.2 Å². The van der Waals surface area contributed by atoms with Crippen LogP contribution in [-0.4, -0.2) is 34.5 Å². The van der Waals surface area contributed by atoms with E-state index >= 15 is 0 Å². The molecule has 1 aliphatic rings. The van der Waals surface area contributed by atoms with Crippen LogP contribution in [0.3, 0.4) is 0 Å². The van der Waals surface area contributed by atoms with Gasteiger partial charge in [0.1, 0.15) is 5.54 Å². The number of nitrogens with one attached hydrogen (secondary N) is 1. The van der Waals surface area contributed by atoms with Gasteiger partial charge in [0.25, 0.3) is 5.91 Å². The number of nitrogens with zero attached hydrogens (tertiary/aromatic N) is 1. The Morgan fingerprint density at radius 2 is 1.87 bits per heavy atom. The van der Waals surface area contributed by atoms with E-state index in [-0.39, 0.29) is 25.3 Å². The van der Waals surface area contributed by atoms with E-state index in [9.17, 15) is 14.4 Å². The highest BCUT2D eigenvalue weighted by Gasteiger charge is 2.48. The molecule has 6 nitrogen and oxygen atoms in total. The molecule has 1 atom stereocenters. The lowest BCUT2D eigenvalue weighted by molar-refractivity contribution is -0.138. The molecule has 1 saturated heterocycles. The van der Waals surface area contributed by atoms with E-state index in [4.69, 9.17) is 5.11 Å². The summed E-state index contributed by atoms with van der Waals surface area (Å²) in [6.07, 6.45) is 0.174. The van der Waals surface area contributed by atoms with Crippen LogP contribution >= 0.6 is 0 Å². The lowest BCUT2D eigenvalue weighted by Gasteiger charge is -2.22. The zero-order valence-corrected chi connectivity index (χ0v) is 13.6. The van der Waals surface area contributed by atoms with E-state index < -0.39 is 17.5 Å². The van der Waals surface area contributed by atoms with Crippen molar-refractivity contribution in [2.75, 3.05) is 6.54 Å². The van der Waals surface area contributed by atoms with Gasteiger partial charge in [0.05, 0.1) is 0 Å². The molecule has 1 unspecified atom stereocenters. The summed E-state index contributed by atoms with van der Waals surface area (Å²) in [6.45, 7) is 5.96. The highest BCUT2D eigenvalue weighted by Crippen LogP contribution is 2.30. The maximum absolute atomic E-state index is 12.6. The normalized spacial score (nSPS) is 21.0. The van der Waals surface area contributed by atoms with Crippen LogP contribution in [0.15, 0.2) is 24.3 Å². The lowest BCUT2D eigenvalue weighted by Crippen LogP contribution is -2.41. The Balaban J connectivity index is 2.17. The molecule has 2 rings (SSSR count). The zero-order valence-electron chi connectivity index (χ0n) is 13.6. The molecular formula is C17H22N2O4. The number of carbonyl (C=O) groups excluding carboxylic acids is 2. The third kappa shape index (κ3) is 3.36. The van der Waals surface area contributed by atoms with Gasteiger partial charge >= 0.3 is 12.0 Å². The number of carboxylic acids is 1. The topological polar surface area (TPSA) is 86.7 Å². The first-order valence-corrected chi connectivity index (χ1v) is 7.72. The van der Waals surface area contributed by atoms with Crippen molar-refractivity contribution in [1.29, 1.82) is 0 Å². The van der Waals surface area contributed by atoms with Crippen LogP contribution in [0.5, 0.6) is 0 Å². The maximum atomic E-state index is 12.6. The largest absolute Gasteiger partial charge is 0.481 e. The number of hydrogen-bond donors (Lipinski definition) is 2. The Morgan fingerprint density at radius 3 is 2.39 bits per heavy atom. The van der Waals surface area contributed by atoms with Crippen LogP contribution in [0.2, 0.25) is 0 Å². The third-order valence-electron chi connectivity index (χ3n) is 4.20. The number of imide groups is 1. The summed E-state index contributed by atoms with van der Waals surface area (Å²) < 4.78 is 0. The Kier molecular flexibility index (Phi) is 4.73. The Bertz CT molecular complexity index is 624. The van der Waals surface area contributed by atoms with Gasteiger partial charge in [-0.2, -0.15) is 0 Å². The smallest absolute Gasteiger partial charge is 0.325 e. The molecule has 0 spiro atoms. The summed E-state index contributed by atoms with van der Waals surface area (Å²) in [4.78, 5) is 36.4.